The van der Waals surface area contributed by atoms with Crippen LogP contribution in [0.5, 0.6) is 0 Å². The molecule has 0 aliphatic carbocycles. The zero-order valence-corrected chi connectivity index (χ0v) is 8.21. The summed E-state index contributed by atoms with van der Waals surface area (Å²) >= 11 is 3.25. The first kappa shape index (κ1) is 7.89. The van der Waals surface area contributed by atoms with Crippen molar-refractivity contribution in [2.75, 3.05) is 12.0 Å². The van der Waals surface area contributed by atoms with E-state index >= 15 is 0 Å². The van der Waals surface area contributed by atoms with Gasteiger partial charge in [0.05, 0.1) is 10.2 Å². The van der Waals surface area contributed by atoms with Crippen molar-refractivity contribution in [3.8, 4) is 0 Å². The van der Waals surface area contributed by atoms with E-state index in [1.807, 2.05) is 0 Å². The molecule has 2 aromatic rings. The second kappa shape index (κ2) is 2.95. The van der Waals surface area contributed by atoms with Gasteiger partial charge in [-0.05, 0) is 24.5 Å². The molecule has 0 unspecified atom stereocenters. The first-order valence-electron chi connectivity index (χ1n) is 3.49. The number of nitrogen functional groups attached to an aromatic ring is 1. The summed E-state index contributed by atoms with van der Waals surface area (Å²) in [5, 5.41) is 0.642. The summed E-state index contributed by atoms with van der Waals surface area (Å²) in [6.07, 6.45) is 2.05. The molecule has 0 aliphatic rings. The molecule has 62 valence electrons. The van der Waals surface area contributed by atoms with E-state index in [9.17, 15) is 0 Å². The van der Waals surface area contributed by atoms with Crippen LogP contribution in [0.25, 0.3) is 10.2 Å². The van der Waals surface area contributed by atoms with Crippen LogP contribution in [0.4, 0.5) is 5.13 Å². The molecule has 1 aromatic heterocycles. The van der Waals surface area contributed by atoms with Gasteiger partial charge in [-0.15, -0.1) is 11.8 Å². The van der Waals surface area contributed by atoms with Gasteiger partial charge in [-0.2, -0.15) is 0 Å². The van der Waals surface area contributed by atoms with Gasteiger partial charge in [0, 0.05) is 4.90 Å². The quantitative estimate of drug-likeness (QED) is 0.712. The van der Waals surface area contributed by atoms with Crippen LogP contribution in [-0.2, 0) is 0 Å². The predicted octanol–water partition coefficient (Wildman–Crippen LogP) is 2.60. The lowest BCUT2D eigenvalue weighted by atomic mass is 10.3. The minimum Gasteiger partial charge on any atom is -0.375 e. The van der Waals surface area contributed by atoms with Crippen LogP contribution in [0.3, 0.4) is 0 Å². The van der Waals surface area contributed by atoms with Gasteiger partial charge in [-0.3, -0.25) is 0 Å². The highest BCUT2D eigenvalue weighted by Crippen LogP contribution is 2.27. The normalized spacial score (nSPS) is 10.8. The van der Waals surface area contributed by atoms with Gasteiger partial charge in [0.2, 0.25) is 0 Å². The summed E-state index contributed by atoms with van der Waals surface area (Å²) < 4.78 is 1.16. The Kier molecular flexibility index (Phi) is 1.94. The average molecular weight is 196 g/mol. The third-order valence-corrected chi connectivity index (χ3v) is 3.20. The maximum atomic E-state index is 5.58. The first-order chi connectivity index (χ1) is 5.79. The van der Waals surface area contributed by atoms with Gasteiger partial charge in [-0.25, -0.2) is 4.98 Å². The van der Waals surface area contributed by atoms with Crippen molar-refractivity contribution in [2.45, 2.75) is 4.90 Å². The van der Waals surface area contributed by atoms with Crippen molar-refractivity contribution in [1.82, 2.24) is 4.98 Å². The minimum atomic E-state index is 0.642. The molecule has 2 N–H and O–H groups in total. The molecule has 0 amide bonds. The smallest absolute Gasteiger partial charge is 0.181 e. The lowest BCUT2D eigenvalue weighted by molar-refractivity contribution is 1.44. The van der Waals surface area contributed by atoms with Crippen molar-refractivity contribution < 1.29 is 0 Å². The minimum absolute atomic E-state index is 0.642. The summed E-state index contributed by atoms with van der Waals surface area (Å²) in [5.41, 5.74) is 6.59. The number of aromatic nitrogens is 1. The second-order valence-electron chi connectivity index (χ2n) is 2.39. The SMILES string of the molecule is CSc1ccc2sc(N)nc2c1. The fourth-order valence-electron chi connectivity index (χ4n) is 1.05. The summed E-state index contributed by atoms with van der Waals surface area (Å²) in [7, 11) is 0. The molecule has 12 heavy (non-hydrogen) atoms. The van der Waals surface area contributed by atoms with E-state index in [1.54, 1.807) is 11.8 Å². The number of thiazole rings is 1. The molecule has 0 bridgehead atoms. The Hall–Kier alpha value is -0.740. The van der Waals surface area contributed by atoms with Gasteiger partial charge in [0.15, 0.2) is 5.13 Å². The number of nitrogens with two attached hydrogens (primary N) is 1. The molecule has 1 aromatic carbocycles. The third kappa shape index (κ3) is 1.28. The molecule has 1 heterocycles. The van der Waals surface area contributed by atoms with Crippen molar-refractivity contribution in [2.24, 2.45) is 0 Å². The van der Waals surface area contributed by atoms with Gasteiger partial charge in [-0.1, -0.05) is 11.3 Å². The first-order valence-corrected chi connectivity index (χ1v) is 5.54. The Morgan fingerprint density at radius 2 is 2.33 bits per heavy atom. The fourth-order valence-corrected chi connectivity index (χ4v) is 2.20. The molecule has 2 nitrogen and oxygen atoms in total. The molecular formula is C8H8N2S2. The molecule has 0 fully saturated rings. The predicted molar refractivity (Wildman–Crippen MR) is 55.8 cm³/mol. The molecule has 0 atom stereocenters. The van der Waals surface area contributed by atoms with Crippen molar-refractivity contribution in [3.05, 3.63) is 18.2 Å². The molecular weight excluding hydrogens is 188 g/mol. The number of anilines is 1. The Balaban J connectivity index is 2.66. The Bertz CT molecular complexity index is 408. The Morgan fingerprint density at radius 1 is 1.50 bits per heavy atom. The molecule has 4 heteroatoms. The Morgan fingerprint density at radius 3 is 3.08 bits per heavy atom. The van der Waals surface area contributed by atoms with Crippen LogP contribution in [0, 0.1) is 0 Å². The van der Waals surface area contributed by atoms with Gasteiger partial charge in [0.1, 0.15) is 0 Å². The van der Waals surface area contributed by atoms with Crippen LogP contribution < -0.4 is 5.73 Å². The van der Waals surface area contributed by atoms with Crippen LogP contribution >= 0.6 is 23.1 Å². The maximum absolute atomic E-state index is 5.58. The fraction of sp³-hybridized carbons (Fsp3) is 0.125. The highest BCUT2D eigenvalue weighted by molar-refractivity contribution is 7.98. The van der Waals surface area contributed by atoms with Crippen LogP contribution in [0.15, 0.2) is 23.1 Å². The van der Waals surface area contributed by atoms with Crippen LogP contribution in [0.2, 0.25) is 0 Å². The van der Waals surface area contributed by atoms with E-state index in [0.717, 1.165) is 10.2 Å². The standard InChI is InChI=1S/C8H8N2S2/c1-11-5-2-3-7-6(4-5)10-8(9)12-7/h2-4H,1H3,(H2,9,10). The van der Waals surface area contributed by atoms with E-state index < -0.39 is 0 Å². The zero-order chi connectivity index (χ0) is 8.55. The monoisotopic (exact) mass is 196 g/mol. The van der Waals surface area contributed by atoms with E-state index in [-0.39, 0.29) is 0 Å². The van der Waals surface area contributed by atoms with Crippen molar-refractivity contribution >= 4 is 38.4 Å². The molecule has 0 spiro atoms. The maximum Gasteiger partial charge on any atom is 0.181 e. The van der Waals surface area contributed by atoms with Gasteiger partial charge >= 0.3 is 0 Å². The highest BCUT2D eigenvalue weighted by atomic mass is 32.2. The van der Waals surface area contributed by atoms with E-state index in [1.165, 1.54) is 16.2 Å². The van der Waals surface area contributed by atoms with Crippen LogP contribution in [0.1, 0.15) is 0 Å². The third-order valence-electron chi connectivity index (χ3n) is 1.61. The zero-order valence-electron chi connectivity index (χ0n) is 6.57. The molecule has 0 saturated heterocycles. The number of nitrogens with zero attached hydrogens (tertiary/aromatic N) is 1. The average Bonchev–Trinajstić information content (AvgIpc) is 2.43. The summed E-state index contributed by atoms with van der Waals surface area (Å²) in [5.74, 6) is 0. The second-order valence-corrected chi connectivity index (χ2v) is 4.33. The lowest BCUT2D eigenvalue weighted by Crippen LogP contribution is -1.79. The number of hydrogen-bond acceptors (Lipinski definition) is 4. The molecule has 0 saturated carbocycles. The summed E-state index contributed by atoms with van der Waals surface area (Å²) in [6, 6.07) is 6.21. The van der Waals surface area contributed by atoms with E-state index in [2.05, 4.69) is 29.4 Å². The van der Waals surface area contributed by atoms with Gasteiger partial charge < -0.3 is 5.73 Å². The number of benzene rings is 1. The number of fused-ring (bicyclic) bond motifs is 1. The summed E-state index contributed by atoms with van der Waals surface area (Å²) in [6.45, 7) is 0. The highest BCUT2D eigenvalue weighted by Gasteiger charge is 2.00. The number of thioether (sulfide) groups is 1. The molecule has 0 aliphatic heterocycles. The largest absolute Gasteiger partial charge is 0.375 e. The summed E-state index contributed by atoms with van der Waals surface area (Å²) in [4.78, 5) is 5.43. The molecule has 0 radical (unpaired) electrons. The lowest BCUT2D eigenvalue weighted by Gasteiger charge is -1.92. The van der Waals surface area contributed by atoms with Crippen molar-refractivity contribution in [1.29, 1.82) is 0 Å². The topological polar surface area (TPSA) is 38.9 Å². The van der Waals surface area contributed by atoms with Crippen molar-refractivity contribution in [3.63, 3.8) is 0 Å². The van der Waals surface area contributed by atoms with E-state index in [0.29, 0.717) is 5.13 Å². The van der Waals surface area contributed by atoms with E-state index in [4.69, 9.17) is 5.73 Å². The molecule has 2 rings (SSSR count). The number of hydrogen-bond donors (Lipinski definition) is 1. The van der Waals surface area contributed by atoms with Crippen LogP contribution in [-0.4, -0.2) is 11.2 Å². The number of rotatable bonds is 1. The van der Waals surface area contributed by atoms with Gasteiger partial charge in [0.25, 0.3) is 0 Å². The Labute approximate surface area is 78.8 Å².